The molecule has 6 nitrogen and oxygen atoms in total. The zero-order valence-electron chi connectivity index (χ0n) is 13.3. The fraction of sp³-hybridized carbons (Fsp3) is 0.933. The van der Waals surface area contributed by atoms with Crippen LogP contribution in [-0.4, -0.2) is 76.1 Å². The Balaban J connectivity index is 1.80. The molecule has 2 aliphatic heterocycles. The second-order valence-electron chi connectivity index (χ2n) is 7.37. The van der Waals surface area contributed by atoms with E-state index in [0.717, 1.165) is 13.0 Å². The SMILES string of the molecule is CC(C)(C)OC(=O)N1CCC(O)(CN2CC[C@@H](O)C2)CC1. The van der Waals surface area contributed by atoms with Crippen molar-refractivity contribution in [3.63, 3.8) is 0 Å². The number of rotatable bonds is 2. The van der Waals surface area contributed by atoms with E-state index in [1.54, 1.807) is 4.90 Å². The van der Waals surface area contributed by atoms with Crippen LogP contribution in [-0.2, 0) is 4.74 Å². The minimum atomic E-state index is -0.761. The molecule has 2 rings (SSSR count). The van der Waals surface area contributed by atoms with Crippen LogP contribution in [0.25, 0.3) is 0 Å². The highest BCUT2D eigenvalue weighted by molar-refractivity contribution is 5.68. The number of aliphatic hydroxyl groups excluding tert-OH is 1. The molecule has 0 unspecified atom stereocenters. The summed E-state index contributed by atoms with van der Waals surface area (Å²) >= 11 is 0. The molecule has 0 aromatic rings. The van der Waals surface area contributed by atoms with Crippen LogP contribution in [0.5, 0.6) is 0 Å². The number of β-amino-alcohol motifs (C(OH)–C–C–N with tert-alkyl or cyclic N) is 2. The quantitative estimate of drug-likeness (QED) is 0.790. The zero-order valence-corrected chi connectivity index (χ0v) is 13.3. The van der Waals surface area contributed by atoms with Crippen molar-refractivity contribution < 1.29 is 19.7 Å². The van der Waals surface area contributed by atoms with Crippen LogP contribution in [0.1, 0.15) is 40.0 Å². The number of ether oxygens (including phenoxy) is 1. The minimum Gasteiger partial charge on any atom is -0.444 e. The molecule has 2 heterocycles. The number of hydrogen-bond donors (Lipinski definition) is 2. The third kappa shape index (κ3) is 4.83. The summed E-state index contributed by atoms with van der Waals surface area (Å²) in [5.74, 6) is 0. The fourth-order valence-electron chi connectivity index (χ4n) is 2.96. The lowest BCUT2D eigenvalue weighted by atomic mass is 9.91. The van der Waals surface area contributed by atoms with E-state index in [4.69, 9.17) is 4.74 Å². The molecule has 0 aromatic heterocycles. The molecule has 0 aromatic carbocycles. The number of amides is 1. The van der Waals surface area contributed by atoms with Crippen molar-refractivity contribution in [3.05, 3.63) is 0 Å². The first kappa shape index (κ1) is 16.5. The smallest absolute Gasteiger partial charge is 0.410 e. The molecule has 2 fully saturated rings. The normalized spacial score (nSPS) is 26.9. The van der Waals surface area contributed by atoms with Gasteiger partial charge in [0.1, 0.15) is 5.60 Å². The summed E-state index contributed by atoms with van der Waals surface area (Å²) in [4.78, 5) is 15.8. The van der Waals surface area contributed by atoms with Crippen molar-refractivity contribution >= 4 is 6.09 Å². The molecular formula is C15H28N2O4. The Bertz CT molecular complexity index is 372. The number of nitrogens with zero attached hydrogens (tertiary/aromatic N) is 2. The molecule has 122 valence electrons. The van der Waals surface area contributed by atoms with Gasteiger partial charge in [0.05, 0.1) is 11.7 Å². The van der Waals surface area contributed by atoms with Gasteiger partial charge in [-0.05, 0) is 40.0 Å². The lowest BCUT2D eigenvalue weighted by molar-refractivity contribution is -0.0481. The summed E-state index contributed by atoms with van der Waals surface area (Å²) in [5.41, 5.74) is -1.25. The van der Waals surface area contributed by atoms with Crippen LogP contribution >= 0.6 is 0 Å². The van der Waals surface area contributed by atoms with Crippen LogP contribution in [0.4, 0.5) is 4.79 Å². The first-order valence-electron chi connectivity index (χ1n) is 7.78. The van der Waals surface area contributed by atoms with Gasteiger partial charge in [-0.15, -0.1) is 0 Å². The molecule has 0 saturated carbocycles. The van der Waals surface area contributed by atoms with Crippen molar-refractivity contribution in [2.45, 2.75) is 57.3 Å². The Labute approximate surface area is 126 Å². The second-order valence-corrected chi connectivity index (χ2v) is 7.37. The van der Waals surface area contributed by atoms with E-state index in [1.807, 2.05) is 20.8 Å². The summed E-state index contributed by atoms with van der Waals surface area (Å²) in [6, 6.07) is 0. The molecule has 6 heteroatoms. The first-order valence-corrected chi connectivity index (χ1v) is 7.78. The van der Waals surface area contributed by atoms with Crippen molar-refractivity contribution in [1.82, 2.24) is 9.80 Å². The van der Waals surface area contributed by atoms with Gasteiger partial charge in [-0.3, -0.25) is 4.90 Å². The van der Waals surface area contributed by atoms with E-state index >= 15 is 0 Å². The van der Waals surface area contributed by atoms with Crippen LogP contribution in [0.3, 0.4) is 0 Å². The summed E-state index contributed by atoms with van der Waals surface area (Å²) in [6.45, 7) is 8.63. The third-order valence-corrected chi connectivity index (χ3v) is 4.11. The maximum atomic E-state index is 12.0. The molecule has 1 atom stereocenters. The average molecular weight is 300 g/mol. The van der Waals surface area contributed by atoms with Gasteiger partial charge in [0.15, 0.2) is 0 Å². The lowest BCUT2D eigenvalue weighted by Gasteiger charge is -2.40. The van der Waals surface area contributed by atoms with Gasteiger partial charge in [-0.1, -0.05) is 0 Å². The monoisotopic (exact) mass is 300 g/mol. The number of piperidine rings is 1. The van der Waals surface area contributed by atoms with Crippen LogP contribution in [0.2, 0.25) is 0 Å². The van der Waals surface area contributed by atoms with E-state index in [1.165, 1.54) is 0 Å². The predicted octanol–water partition coefficient (Wildman–Crippen LogP) is 0.815. The molecule has 2 aliphatic rings. The highest BCUT2D eigenvalue weighted by Gasteiger charge is 2.37. The maximum absolute atomic E-state index is 12.0. The van der Waals surface area contributed by atoms with Crippen molar-refractivity contribution in [1.29, 1.82) is 0 Å². The molecular weight excluding hydrogens is 272 g/mol. The van der Waals surface area contributed by atoms with Crippen molar-refractivity contribution in [2.75, 3.05) is 32.7 Å². The Kier molecular flexibility index (Phi) is 4.80. The number of carbonyl (C=O) groups excluding carboxylic acids is 1. The van der Waals surface area contributed by atoms with Crippen LogP contribution in [0, 0.1) is 0 Å². The number of aliphatic hydroxyl groups is 2. The van der Waals surface area contributed by atoms with E-state index in [0.29, 0.717) is 39.0 Å². The van der Waals surface area contributed by atoms with E-state index < -0.39 is 11.2 Å². The Hall–Kier alpha value is -0.850. The largest absolute Gasteiger partial charge is 0.444 e. The van der Waals surface area contributed by atoms with Crippen LogP contribution in [0.15, 0.2) is 0 Å². The van der Waals surface area contributed by atoms with Gasteiger partial charge >= 0.3 is 6.09 Å². The van der Waals surface area contributed by atoms with Gasteiger partial charge in [0.25, 0.3) is 0 Å². The molecule has 2 N–H and O–H groups in total. The topological polar surface area (TPSA) is 73.2 Å². The predicted molar refractivity (Wildman–Crippen MR) is 79.1 cm³/mol. The molecule has 0 aliphatic carbocycles. The number of carbonyl (C=O) groups is 1. The highest BCUT2D eigenvalue weighted by Crippen LogP contribution is 2.26. The summed E-state index contributed by atoms with van der Waals surface area (Å²) < 4.78 is 5.35. The Morgan fingerprint density at radius 3 is 2.38 bits per heavy atom. The standard InChI is InChI=1S/C15H28N2O4/c1-14(2,3)21-13(19)17-8-5-15(20,6-9-17)11-16-7-4-12(18)10-16/h12,18,20H,4-11H2,1-3H3/t12-/m1/s1. The fourth-order valence-corrected chi connectivity index (χ4v) is 2.96. The third-order valence-electron chi connectivity index (χ3n) is 4.11. The van der Waals surface area contributed by atoms with Gasteiger partial charge < -0.3 is 19.8 Å². The zero-order chi connectivity index (χ0) is 15.7. The van der Waals surface area contributed by atoms with E-state index in [-0.39, 0.29) is 12.2 Å². The van der Waals surface area contributed by atoms with Crippen molar-refractivity contribution in [3.8, 4) is 0 Å². The summed E-state index contributed by atoms with van der Waals surface area (Å²) in [7, 11) is 0. The molecule has 2 saturated heterocycles. The molecule has 0 radical (unpaired) electrons. The average Bonchev–Trinajstić information content (AvgIpc) is 2.72. The Morgan fingerprint density at radius 2 is 1.90 bits per heavy atom. The summed E-state index contributed by atoms with van der Waals surface area (Å²) in [5, 5.41) is 20.2. The molecule has 0 bridgehead atoms. The Morgan fingerprint density at radius 1 is 1.29 bits per heavy atom. The molecule has 1 amide bonds. The second kappa shape index (κ2) is 6.10. The number of likely N-dealkylation sites (tertiary alicyclic amines) is 2. The molecule has 0 spiro atoms. The van der Waals surface area contributed by atoms with Gasteiger partial charge in [-0.25, -0.2) is 4.79 Å². The van der Waals surface area contributed by atoms with E-state index in [9.17, 15) is 15.0 Å². The lowest BCUT2D eigenvalue weighted by Crippen LogP contribution is -2.52. The summed E-state index contributed by atoms with van der Waals surface area (Å²) in [6.07, 6.45) is 1.31. The first-order chi connectivity index (χ1) is 9.67. The minimum absolute atomic E-state index is 0.268. The van der Waals surface area contributed by atoms with Gasteiger partial charge in [0, 0.05) is 32.7 Å². The van der Waals surface area contributed by atoms with E-state index in [2.05, 4.69) is 4.90 Å². The van der Waals surface area contributed by atoms with Gasteiger partial charge in [-0.2, -0.15) is 0 Å². The maximum Gasteiger partial charge on any atom is 0.410 e. The van der Waals surface area contributed by atoms with Crippen molar-refractivity contribution in [2.24, 2.45) is 0 Å². The highest BCUT2D eigenvalue weighted by atomic mass is 16.6. The molecule has 21 heavy (non-hydrogen) atoms. The van der Waals surface area contributed by atoms with Gasteiger partial charge in [0.2, 0.25) is 0 Å². The number of hydrogen-bond acceptors (Lipinski definition) is 5. The van der Waals surface area contributed by atoms with Crippen LogP contribution < -0.4 is 0 Å².